The van der Waals surface area contributed by atoms with Gasteiger partial charge in [-0.05, 0) is 42.8 Å². The van der Waals surface area contributed by atoms with E-state index in [0.717, 1.165) is 42.6 Å². The second-order valence-corrected chi connectivity index (χ2v) is 6.30. The van der Waals surface area contributed by atoms with Crippen molar-refractivity contribution >= 4 is 28.1 Å². The Balaban J connectivity index is 1.62. The van der Waals surface area contributed by atoms with Gasteiger partial charge in [-0.15, -0.1) is 0 Å². The number of amides is 1. The normalized spacial score (nSPS) is 15.3. The summed E-state index contributed by atoms with van der Waals surface area (Å²) in [5.41, 5.74) is 4.98. The SMILES string of the molecule is CCN1CC=C(c2c[nH]c3ccc(NC(=O)c4ccoc4)cc23)CC1. The highest BCUT2D eigenvalue weighted by Crippen LogP contribution is 2.31. The molecular formula is C20H21N3O2. The van der Waals surface area contributed by atoms with E-state index in [9.17, 15) is 4.79 Å². The van der Waals surface area contributed by atoms with Crippen LogP contribution < -0.4 is 5.32 Å². The van der Waals surface area contributed by atoms with Gasteiger partial charge in [0.25, 0.3) is 5.91 Å². The molecule has 0 bridgehead atoms. The Morgan fingerprint density at radius 3 is 3.00 bits per heavy atom. The van der Waals surface area contributed by atoms with Crippen LogP contribution in [0.15, 0.2) is 53.5 Å². The van der Waals surface area contributed by atoms with Gasteiger partial charge >= 0.3 is 0 Å². The topological polar surface area (TPSA) is 61.3 Å². The summed E-state index contributed by atoms with van der Waals surface area (Å²) in [6.07, 6.45) is 8.37. The van der Waals surface area contributed by atoms with Crippen LogP contribution in [0.1, 0.15) is 29.3 Å². The van der Waals surface area contributed by atoms with Gasteiger partial charge in [0.05, 0.1) is 11.8 Å². The molecule has 0 aliphatic carbocycles. The fraction of sp³-hybridized carbons (Fsp3) is 0.250. The standard InChI is InChI=1S/C20H21N3O2/c1-2-23-8-5-14(6-9-23)18-12-21-19-4-3-16(11-17(18)19)22-20(24)15-7-10-25-13-15/h3-5,7,10-13,21H,2,6,8-9H2,1H3,(H,22,24). The second-order valence-electron chi connectivity index (χ2n) is 6.30. The Hall–Kier alpha value is -2.79. The Labute approximate surface area is 146 Å². The van der Waals surface area contributed by atoms with Gasteiger partial charge in [0, 0.05) is 41.4 Å². The Bertz CT molecular complexity index is 922. The van der Waals surface area contributed by atoms with Crippen LogP contribution in [-0.2, 0) is 0 Å². The predicted octanol–water partition coefficient (Wildman–Crippen LogP) is 4.12. The molecule has 0 fully saturated rings. The number of anilines is 1. The van der Waals surface area contributed by atoms with E-state index in [0.29, 0.717) is 5.56 Å². The van der Waals surface area contributed by atoms with Gasteiger partial charge in [-0.3, -0.25) is 9.69 Å². The third-order valence-corrected chi connectivity index (χ3v) is 4.81. The summed E-state index contributed by atoms with van der Waals surface area (Å²) in [5.74, 6) is -0.166. The summed E-state index contributed by atoms with van der Waals surface area (Å²) in [7, 11) is 0. The van der Waals surface area contributed by atoms with E-state index in [1.54, 1.807) is 6.07 Å². The molecular weight excluding hydrogens is 314 g/mol. The molecule has 1 aliphatic rings. The number of carbonyl (C=O) groups excluding carboxylic acids is 1. The molecule has 5 nitrogen and oxygen atoms in total. The zero-order chi connectivity index (χ0) is 17.2. The molecule has 0 atom stereocenters. The maximum atomic E-state index is 12.2. The number of fused-ring (bicyclic) bond motifs is 1. The van der Waals surface area contributed by atoms with E-state index in [1.165, 1.54) is 23.7 Å². The van der Waals surface area contributed by atoms with Crippen LogP contribution in [0.25, 0.3) is 16.5 Å². The van der Waals surface area contributed by atoms with Crippen molar-refractivity contribution in [1.29, 1.82) is 0 Å². The number of benzene rings is 1. The lowest BCUT2D eigenvalue weighted by Gasteiger charge is -2.24. The van der Waals surface area contributed by atoms with Crippen LogP contribution in [0.3, 0.4) is 0 Å². The molecule has 0 spiro atoms. The van der Waals surface area contributed by atoms with E-state index in [1.807, 2.05) is 18.2 Å². The maximum absolute atomic E-state index is 12.2. The Kier molecular flexibility index (Phi) is 4.15. The van der Waals surface area contributed by atoms with Gasteiger partial charge in [0.15, 0.2) is 0 Å². The van der Waals surface area contributed by atoms with Crippen molar-refractivity contribution in [2.45, 2.75) is 13.3 Å². The summed E-state index contributed by atoms with van der Waals surface area (Å²) in [4.78, 5) is 18.0. The average molecular weight is 335 g/mol. The van der Waals surface area contributed by atoms with Gasteiger partial charge in [0.2, 0.25) is 0 Å². The first-order valence-electron chi connectivity index (χ1n) is 8.61. The fourth-order valence-electron chi connectivity index (χ4n) is 3.30. The minimum Gasteiger partial charge on any atom is -0.472 e. The summed E-state index contributed by atoms with van der Waals surface area (Å²) in [5, 5.41) is 4.07. The van der Waals surface area contributed by atoms with Crippen molar-refractivity contribution in [2.24, 2.45) is 0 Å². The zero-order valence-corrected chi connectivity index (χ0v) is 14.2. The molecule has 0 radical (unpaired) electrons. The number of hydrogen-bond donors (Lipinski definition) is 2. The van der Waals surface area contributed by atoms with Crippen molar-refractivity contribution in [3.63, 3.8) is 0 Å². The number of H-pyrrole nitrogens is 1. The first-order valence-corrected chi connectivity index (χ1v) is 8.61. The van der Waals surface area contributed by atoms with Crippen molar-refractivity contribution < 1.29 is 9.21 Å². The maximum Gasteiger partial charge on any atom is 0.258 e. The van der Waals surface area contributed by atoms with Crippen LogP contribution >= 0.6 is 0 Å². The van der Waals surface area contributed by atoms with Crippen molar-refractivity contribution in [2.75, 3.05) is 25.0 Å². The highest BCUT2D eigenvalue weighted by atomic mass is 16.3. The van der Waals surface area contributed by atoms with E-state index in [4.69, 9.17) is 4.42 Å². The molecule has 0 saturated heterocycles. The molecule has 5 heteroatoms. The summed E-state index contributed by atoms with van der Waals surface area (Å²) in [6.45, 7) is 5.36. The lowest BCUT2D eigenvalue weighted by atomic mass is 9.98. The molecule has 1 aromatic carbocycles. The van der Waals surface area contributed by atoms with E-state index in [2.05, 4.69) is 34.4 Å². The average Bonchev–Trinajstić information content (AvgIpc) is 3.31. The van der Waals surface area contributed by atoms with Crippen molar-refractivity contribution in [3.8, 4) is 0 Å². The lowest BCUT2D eigenvalue weighted by Crippen LogP contribution is -2.27. The lowest BCUT2D eigenvalue weighted by molar-refractivity contribution is 0.102. The van der Waals surface area contributed by atoms with Gasteiger partial charge < -0.3 is 14.7 Å². The number of aromatic amines is 1. The van der Waals surface area contributed by atoms with Crippen molar-refractivity contribution in [3.05, 3.63) is 60.2 Å². The number of rotatable bonds is 4. The van der Waals surface area contributed by atoms with E-state index < -0.39 is 0 Å². The molecule has 1 aliphatic heterocycles. The third-order valence-electron chi connectivity index (χ3n) is 4.81. The largest absolute Gasteiger partial charge is 0.472 e. The quantitative estimate of drug-likeness (QED) is 0.754. The van der Waals surface area contributed by atoms with Crippen LogP contribution in [0.4, 0.5) is 5.69 Å². The van der Waals surface area contributed by atoms with Crippen LogP contribution in [0.5, 0.6) is 0 Å². The van der Waals surface area contributed by atoms with Crippen LogP contribution in [0, 0.1) is 0 Å². The van der Waals surface area contributed by atoms with Crippen LogP contribution in [0.2, 0.25) is 0 Å². The van der Waals surface area contributed by atoms with Gasteiger partial charge in [-0.25, -0.2) is 0 Å². The zero-order valence-electron chi connectivity index (χ0n) is 14.2. The van der Waals surface area contributed by atoms with E-state index >= 15 is 0 Å². The number of aromatic nitrogens is 1. The number of hydrogen-bond acceptors (Lipinski definition) is 3. The van der Waals surface area contributed by atoms with E-state index in [-0.39, 0.29) is 5.91 Å². The third kappa shape index (κ3) is 3.10. The smallest absolute Gasteiger partial charge is 0.258 e. The minimum atomic E-state index is -0.166. The van der Waals surface area contributed by atoms with Gasteiger partial charge in [-0.1, -0.05) is 13.0 Å². The molecule has 128 valence electrons. The molecule has 4 rings (SSSR count). The first kappa shape index (κ1) is 15.7. The number of furan rings is 1. The second kappa shape index (κ2) is 6.61. The highest BCUT2D eigenvalue weighted by molar-refractivity contribution is 6.05. The summed E-state index contributed by atoms with van der Waals surface area (Å²) in [6, 6.07) is 7.61. The number of carbonyl (C=O) groups is 1. The number of nitrogens with zero attached hydrogens (tertiary/aromatic N) is 1. The summed E-state index contributed by atoms with van der Waals surface area (Å²) < 4.78 is 4.97. The van der Waals surface area contributed by atoms with Crippen molar-refractivity contribution in [1.82, 2.24) is 9.88 Å². The molecule has 3 heterocycles. The minimum absolute atomic E-state index is 0.166. The number of likely N-dealkylation sites (N-methyl/N-ethyl adjacent to an activating group) is 1. The fourth-order valence-corrected chi connectivity index (χ4v) is 3.30. The first-order chi connectivity index (χ1) is 12.2. The predicted molar refractivity (Wildman–Crippen MR) is 99.7 cm³/mol. The monoisotopic (exact) mass is 335 g/mol. The molecule has 2 N–H and O–H groups in total. The molecule has 25 heavy (non-hydrogen) atoms. The molecule has 3 aromatic rings. The Morgan fingerprint density at radius 2 is 2.28 bits per heavy atom. The van der Waals surface area contributed by atoms with Gasteiger partial charge in [-0.2, -0.15) is 0 Å². The summed E-state index contributed by atoms with van der Waals surface area (Å²) >= 11 is 0. The molecule has 2 aromatic heterocycles. The molecule has 0 saturated carbocycles. The molecule has 0 unspecified atom stereocenters. The Morgan fingerprint density at radius 1 is 1.36 bits per heavy atom. The van der Waals surface area contributed by atoms with Gasteiger partial charge in [0.1, 0.15) is 6.26 Å². The highest BCUT2D eigenvalue weighted by Gasteiger charge is 2.15. The molecule has 1 amide bonds. The number of nitrogens with one attached hydrogen (secondary N) is 2. The van der Waals surface area contributed by atoms with Crippen LogP contribution in [-0.4, -0.2) is 35.4 Å².